The number of esters is 1. The monoisotopic (exact) mass is 382 g/mol. The number of hydrogen-bond acceptors (Lipinski definition) is 4. The highest BCUT2D eigenvalue weighted by Crippen LogP contribution is 2.74. The van der Waals surface area contributed by atoms with Crippen molar-refractivity contribution in [3.8, 4) is 0 Å². The maximum atomic E-state index is 13.2. The molecule has 1 heterocycles. The van der Waals surface area contributed by atoms with E-state index in [0.717, 1.165) is 38.5 Å². The number of Topliss-reactive ketones (excluding diaryl/α,β-unsaturated/α-hetero) is 2. The number of ether oxygens (including phenoxy) is 1. The van der Waals surface area contributed by atoms with Crippen LogP contribution in [0.3, 0.4) is 0 Å². The van der Waals surface area contributed by atoms with E-state index in [0.29, 0.717) is 49.1 Å². The summed E-state index contributed by atoms with van der Waals surface area (Å²) in [6.45, 7) is 4.68. The number of fused-ring (bicyclic) bond motifs is 7. The van der Waals surface area contributed by atoms with Gasteiger partial charge in [0, 0.05) is 37.0 Å². The minimum atomic E-state index is -0.323. The van der Waals surface area contributed by atoms with Gasteiger partial charge in [-0.25, -0.2) is 0 Å². The zero-order valence-corrected chi connectivity index (χ0v) is 17.0. The Labute approximate surface area is 166 Å². The molecule has 0 N–H and O–H groups in total. The molecule has 2 spiro atoms. The van der Waals surface area contributed by atoms with Crippen molar-refractivity contribution < 1.29 is 19.1 Å². The van der Waals surface area contributed by atoms with Gasteiger partial charge >= 0.3 is 5.97 Å². The van der Waals surface area contributed by atoms with Crippen LogP contribution in [0.5, 0.6) is 0 Å². The Bertz CT molecular complexity index is 857. The first-order valence-corrected chi connectivity index (χ1v) is 11.2. The van der Waals surface area contributed by atoms with Crippen molar-refractivity contribution in [2.45, 2.75) is 83.7 Å². The molecule has 150 valence electrons. The molecule has 6 rings (SSSR count). The zero-order valence-electron chi connectivity index (χ0n) is 17.0. The third kappa shape index (κ3) is 1.74. The normalized spacial score (nSPS) is 54.3. The van der Waals surface area contributed by atoms with Gasteiger partial charge in [-0.15, -0.1) is 0 Å². The van der Waals surface area contributed by atoms with Gasteiger partial charge in [0.15, 0.2) is 0 Å². The van der Waals surface area contributed by atoms with E-state index in [-0.39, 0.29) is 33.7 Å². The highest BCUT2D eigenvalue weighted by molar-refractivity contribution is 5.89. The largest absolute Gasteiger partial charge is 0.458 e. The molecule has 0 radical (unpaired) electrons. The summed E-state index contributed by atoms with van der Waals surface area (Å²) in [6, 6.07) is 0. The number of carbonyl (C=O) groups excluding carboxylic acids is 3. The van der Waals surface area contributed by atoms with Crippen LogP contribution in [0.1, 0.15) is 78.1 Å². The Morgan fingerprint density at radius 1 is 1.04 bits per heavy atom. The molecule has 5 fully saturated rings. The molecule has 1 aliphatic heterocycles. The van der Waals surface area contributed by atoms with Gasteiger partial charge in [0.2, 0.25) is 0 Å². The van der Waals surface area contributed by atoms with E-state index in [4.69, 9.17) is 4.74 Å². The summed E-state index contributed by atoms with van der Waals surface area (Å²) in [6.07, 6.45) is 10.4. The van der Waals surface area contributed by atoms with Crippen molar-refractivity contribution in [2.24, 2.45) is 34.0 Å². The minimum absolute atomic E-state index is 0.0162. The van der Waals surface area contributed by atoms with Crippen molar-refractivity contribution in [1.82, 2.24) is 0 Å². The highest BCUT2D eigenvalue weighted by Gasteiger charge is 2.72. The van der Waals surface area contributed by atoms with Crippen LogP contribution >= 0.6 is 0 Å². The minimum Gasteiger partial charge on any atom is -0.458 e. The van der Waals surface area contributed by atoms with Crippen LogP contribution in [0, 0.1) is 34.0 Å². The van der Waals surface area contributed by atoms with Gasteiger partial charge in [0.1, 0.15) is 17.2 Å². The van der Waals surface area contributed by atoms with Crippen molar-refractivity contribution in [3.05, 3.63) is 11.6 Å². The number of allylic oxidation sites excluding steroid dienone is 2. The zero-order chi connectivity index (χ0) is 19.5. The highest BCUT2D eigenvalue weighted by atomic mass is 16.6. The van der Waals surface area contributed by atoms with Crippen molar-refractivity contribution in [2.75, 3.05) is 0 Å². The molecule has 4 saturated carbocycles. The topological polar surface area (TPSA) is 60.4 Å². The first-order valence-electron chi connectivity index (χ1n) is 11.2. The number of rotatable bonds is 0. The lowest BCUT2D eigenvalue weighted by molar-refractivity contribution is -0.161. The molecular weight excluding hydrogens is 352 g/mol. The average Bonchev–Trinajstić information content (AvgIpc) is 3.26. The second kappa shape index (κ2) is 4.99. The van der Waals surface area contributed by atoms with Gasteiger partial charge in [-0.2, -0.15) is 0 Å². The molecule has 0 aromatic carbocycles. The van der Waals surface area contributed by atoms with Gasteiger partial charge in [0.05, 0.1) is 0 Å². The van der Waals surface area contributed by atoms with Crippen LogP contribution in [-0.4, -0.2) is 23.1 Å². The van der Waals surface area contributed by atoms with E-state index in [2.05, 4.69) is 19.9 Å². The Kier molecular flexibility index (Phi) is 3.10. The lowest BCUT2D eigenvalue weighted by atomic mass is 9.43. The fraction of sp³-hybridized carbons (Fsp3) is 0.792. The number of ketones is 2. The van der Waals surface area contributed by atoms with Crippen LogP contribution in [0.2, 0.25) is 0 Å². The lowest BCUT2D eigenvalue weighted by Crippen LogP contribution is -2.56. The fourth-order valence-corrected chi connectivity index (χ4v) is 8.93. The van der Waals surface area contributed by atoms with Crippen LogP contribution in [0.4, 0.5) is 0 Å². The number of carbonyl (C=O) groups is 3. The first kappa shape index (κ1) is 17.4. The van der Waals surface area contributed by atoms with Gasteiger partial charge < -0.3 is 4.74 Å². The maximum Gasteiger partial charge on any atom is 0.306 e. The van der Waals surface area contributed by atoms with Gasteiger partial charge in [-0.3, -0.25) is 14.4 Å². The molecule has 2 bridgehead atoms. The quantitative estimate of drug-likeness (QED) is 0.466. The van der Waals surface area contributed by atoms with E-state index in [1.165, 1.54) is 5.57 Å². The van der Waals surface area contributed by atoms with E-state index in [1.807, 2.05) is 0 Å². The fourth-order valence-electron chi connectivity index (χ4n) is 8.93. The standard InChI is InChI=1S/C24H30O4/c1-21-7-3-14(25)11-23(21)12-15(18(26)13-23)20-16(21)4-8-22(2)17(20)5-9-24(22)10-6-19(27)28-24/h4,15,17,20H,3,5-13H2,1-2H3/t15-,17-,20+,21+,22-,23+,24+/m0/s1. The second-order valence-corrected chi connectivity index (χ2v) is 11.2. The van der Waals surface area contributed by atoms with E-state index in [9.17, 15) is 14.4 Å². The molecule has 7 atom stereocenters. The van der Waals surface area contributed by atoms with Crippen molar-refractivity contribution in [3.63, 3.8) is 0 Å². The lowest BCUT2D eigenvalue weighted by Gasteiger charge is -2.60. The molecule has 0 amide bonds. The second-order valence-electron chi connectivity index (χ2n) is 11.2. The predicted molar refractivity (Wildman–Crippen MR) is 102 cm³/mol. The summed E-state index contributed by atoms with van der Waals surface area (Å²) >= 11 is 0. The summed E-state index contributed by atoms with van der Waals surface area (Å²) in [4.78, 5) is 37.6. The predicted octanol–water partition coefficient (Wildman–Crippen LogP) is 4.16. The summed E-state index contributed by atoms with van der Waals surface area (Å²) < 4.78 is 6.01. The average molecular weight is 383 g/mol. The van der Waals surface area contributed by atoms with Crippen LogP contribution in [-0.2, 0) is 19.1 Å². The van der Waals surface area contributed by atoms with Crippen molar-refractivity contribution in [1.29, 1.82) is 0 Å². The third-order valence-corrected chi connectivity index (χ3v) is 10.5. The van der Waals surface area contributed by atoms with Crippen molar-refractivity contribution >= 4 is 17.5 Å². The molecule has 0 aromatic rings. The molecule has 4 nitrogen and oxygen atoms in total. The van der Waals surface area contributed by atoms with E-state index < -0.39 is 0 Å². The SMILES string of the molecule is C[C@]12CC=C3[C@@H]([C@H]4C[C@]5(CC(=O)CC[C@]35C)CC4=O)[C@@H]1CC[C@@]21CCC(=O)O1. The Hall–Kier alpha value is -1.45. The molecule has 0 unspecified atom stereocenters. The van der Waals surface area contributed by atoms with E-state index >= 15 is 0 Å². The van der Waals surface area contributed by atoms with Gasteiger partial charge in [-0.1, -0.05) is 25.5 Å². The Balaban J connectivity index is 1.48. The molecule has 4 heteroatoms. The molecular formula is C24H30O4. The smallest absolute Gasteiger partial charge is 0.306 e. The van der Waals surface area contributed by atoms with Gasteiger partial charge in [-0.05, 0) is 61.2 Å². The van der Waals surface area contributed by atoms with Gasteiger partial charge in [0.25, 0.3) is 0 Å². The first-order chi connectivity index (χ1) is 13.2. The molecule has 5 aliphatic carbocycles. The Morgan fingerprint density at radius 3 is 2.61 bits per heavy atom. The molecule has 0 aromatic heterocycles. The van der Waals surface area contributed by atoms with Crippen LogP contribution < -0.4 is 0 Å². The number of hydrogen-bond donors (Lipinski definition) is 0. The molecule has 1 saturated heterocycles. The summed E-state index contributed by atoms with van der Waals surface area (Å²) in [7, 11) is 0. The van der Waals surface area contributed by atoms with Crippen LogP contribution in [0.25, 0.3) is 0 Å². The van der Waals surface area contributed by atoms with Crippen LogP contribution in [0.15, 0.2) is 11.6 Å². The molecule has 6 aliphatic rings. The van der Waals surface area contributed by atoms with E-state index in [1.54, 1.807) is 0 Å². The Morgan fingerprint density at radius 2 is 1.86 bits per heavy atom. The maximum absolute atomic E-state index is 13.2. The summed E-state index contributed by atoms with van der Waals surface area (Å²) in [5.41, 5.74) is 0.965. The third-order valence-electron chi connectivity index (χ3n) is 10.5. The molecule has 28 heavy (non-hydrogen) atoms. The summed E-state index contributed by atoms with van der Waals surface area (Å²) in [5, 5.41) is 0. The summed E-state index contributed by atoms with van der Waals surface area (Å²) in [5.74, 6) is 1.47.